The smallest absolute Gasteiger partial charge is 0.135 e. The van der Waals surface area contributed by atoms with Crippen LogP contribution in [0.2, 0.25) is 0 Å². The van der Waals surface area contributed by atoms with Crippen LogP contribution in [0.15, 0.2) is 225 Å². The van der Waals surface area contributed by atoms with Gasteiger partial charge in [-0.3, -0.25) is 0 Å². The van der Waals surface area contributed by atoms with Crippen molar-refractivity contribution in [1.29, 1.82) is 0 Å². The molecule has 0 unspecified atom stereocenters. The first-order chi connectivity index (χ1) is 41.2. The van der Waals surface area contributed by atoms with Gasteiger partial charge < -0.3 is 19.1 Å². The van der Waals surface area contributed by atoms with Crippen LogP contribution in [0.4, 0.5) is 11.4 Å². The second-order valence-corrected chi connectivity index (χ2v) is 26.7. The maximum Gasteiger partial charge on any atom is 0.135 e. The van der Waals surface area contributed by atoms with Crippen molar-refractivity contribution in [2.45, 2.75) is 124 Å². The van der Waals surface area contributed by atoms with Crippen molar-refractivity contribution in [3.63, 3.8) is 0 Å². The summed E-state index contributed by atoms with van der Waals surface area (Å²) < 4.78 is 9.51. The van der Waals surface area contributed by atoms with Gasteiger partial charge in [0.15, 0.2) is 0 Å². The summed E-state index contributed by atoms with van der Waals surface area (Å²) in [5.41, 5.74) is 18.6. The van der Waals surface area contributed by atoms with E-state index < -0.39 is 0 Å². The Labute approximate surface area is 531 Å². The molecule has 0 atom stereocenters. The van der Waals surface area contributed by atoms with Gasteiger partial charge in [0.25, 0.3) is 0 Å². The molecule has 0 fully saturated rings. The van der Waals surface area contributed by atoms with Crippen molar-refractivity contribution in [3.8, 4) is 28.4 Å². The van der Waals surface area contributed by atoms with Crippen molar-refractivity contribution >= 4 is 38.9 Å². The Morgan fingerprint density at radius 2 is 1.01 bits per heavy atom. The summed E-state index contributed by atoms with van der Waals surface area (Å²) in [6.07, 6.45) is 4.19. The minimum absolute atomic E-state index is 0. The topological polar surface area (TPSA) is 33.5 Å². The number of fused-ring (bicyclic) bond motifs is 3. The van der Waals surface area contributed by atoms with Crippen LogP contribution in [0.1, 0.15) is 157 Å². The van der Waals surface area contributed by atoms with E-state index in [1.54, 1.807) is 0 Å². The molecule has 0 bridgehead atoms. The molecule has 0 aliphatic carbocycles. The minimum atomic E-state index is -0.315. The number of ether oxygens (including phenoxy) is 1. The van der Waals surface area contributed by atoms with Gasteiger partial charge in [0, 0.05) is 71.9 Å². The Hall–Kier alpha value is -8.24. The van der Waals surface area contributed by atoms with Crippen LogP contribution in [0, 0.1) is 18.8 Å². The Bertz CT molecular complexity index is 4210. The van der Waals surface area contributed by atoms with Crippen molar-refractivity contribution < 1.29 is 25.8 Å². The van der Waals surface area contributed by atoms with Gasteiger partial charge in [-0.25, -0.2) is 4.98 Å². The van der Waals surface area contributed by atoms with Crippen LogP contribution < -0.4 is 14.5 Å². The molecule has 0 saturated heterocycles. The second-order valence-electron chi connectivity index (χ2n) is 26.7. The van der Waals surface area contributed by atoms with E-state index in [1.807, 2.05) is 6.20 Å². The maximum absolute atomic E-state index is 7.24. The fourth-order valence-corrected chi connectivity index (χ4v) is 12.6. The molecule has 2 aromatic heterocycles. The number of hydrogen-bond acceptors (Lipinski definition) is 4. The molecule has 87 heavy (non-hydrogen) atoms. The average Bonchev–Trinajstić information content (AvgIpc) is 2.26. The molecule has 1 aliphatic heterocycles. The summed E-state index contributed by atoms with van der Waals surface area (Å²) in [6, 6.07) is 85.0. The summed E-state index contributed by atoms with van der Waals surface area (Å²) in [5, 5.41) is 2.21. The molecule has 0 saturated carbocycles. The van der Waals surface area contributed by atoms with Crippen LogP contribution in [0.25, 0.3) is 44.4 Å². The number of hydrogen-bond donors (Lipinski definition) is 0. The summed E-state index contributed by atoms with van der Waals surface area (Å²) in [5.74, 6) is 2.54. The van der Waals surface area contributed by atoms with Crippen LogP contribution in [-0.4, -0.2) is 9.55 Å². The van der Waals surface area contributed by atoms with Crippen molar-refractivity contribution in [1.82, 2.24) is 9.55 Å². The van der Waals surface area contributed by atoms with Gasteiger partial charge in [0.05, 0.1) is 0 Å². The van der Waals surface area contributed by atoms with Gasteiger partial charge in [-0.15, -0.1) is 53.6 Å². The number of anilines is 2. The molecule has 442 valence electrons. The van der Waals surface area contributed by atoms with Gasteiger partial charge in [-0.2, -0.15) is 6.07 Å². The molecule has 0 radical (unpaired) electrons. The summed E-state index contributed by atoms with van der Waals surface area (Å²) in [4.78, 5) is 9.66. The molecular formula is C81H79N4OPt-3. The molecule has 9 aromatic carbocycles. The second kappa shape index (κ2) is 23.8. The number of benzene rings is 9. The van der Waals surface area contributed by atoms with E-state index in [0.717, 1.165) is 55.8 Å². The van der Waals surface area contributed by atoms with Crippen LogP contribution in [-0.2, 0) is 42.7 Å². The molecular weight excluding hydrogens is 1240 g/mol. The van der Waals surface area contributed by atoms with Crippen LogP contribution in [0.3, 0.4) is 0 Å². The molecule has 5 nitrogen and oxygen atoms in total. The summed E-state index contributed by atoms with van der Waals surface area (Å²) in [6.45, 7) is 32.1. The van der Waals surface area contributed by atoms with E-state index in [4.69, 9.17) is 9.72 Å². The molecule has 0 amide bonds. The first-order valence-electron chi connectivity index (χ1n) is 30.6. The van der Waals surface area contributed by atoms with Crippen molar-refractivity contribution in [2.75, 3.05) is 9.80 Å². The van der Waals surface area contributed by atoms with E-state index in [1.165, 1.54) is 55.6 Å². The third-order valence-corrected chi connectivity index (χ3v) is 18.2. The minimum Gasteiger partial charge on any atom is -0.509 e. The van der Waals surface area contributed by atoms with Crippen molar-refractivity contribution in [2.24, 2.45) is 0 Å². The normalized spacial score (nSPS) is 13.2. The largest absolute Gasteiger partial charge is 0.509 e. The van der Waals surface area contributed by atoms with Gasteiger partial charge in [-0.1, -0.05) is 253 Å². The molecule has 12 rings (SSSR count). The van der Waals surface area contributed by atoms with Gasteiger partial charge >= 0.3 is 0 Å². The Balaban J connectivity index is 0.00000784. The molecule has 11 aromatic rings. The molecule has 3 heterocycles. The van der Waals surface area contributed by atoms with E-state index >= 15 is 0 Å². The predicted molar refractivity (Wildman–Crippen MR) is 361 cm³/mol. The van der Waals surface area contributed by atoms with Gasteiger partial charge in [-0.05, 0) is 120 Å². The van der Waals surface area contributed by atoms with Crippen LogP contribution >= 0.6 is 0 Å². The van der Waals surface area contributed by atoms with Gasteiger partial charge in [0.1, 0.15) is 5.82 Å². The molecule has 0 spiro atoms. The Morgan fingerprint density at radius 1 is 0.460 bits per heavy atom. The zero-order chi connectivity index (χ0) is 60.3. The van der Waals surface area contributed by atoms with E-state index in [0.29, 0.717) is 11.5 Å². The number of aromatic nitrogens is 2. The number of pyridine rings is 1. The third-order valence-electron chi connectivity index (χ3n) is 18.2. The average molecular weight is 1320 g/mol. The number of rotatable bonds is 15. The molecule has 1 aliphatic rings. The molecule has 6 heteroatoms. The third kappa shape index (κ3) is 11.6. The predicted octanol–water partition coefficient (Wildman–Crippen LogP) is 21.2. The quantitative estimate of drug-likeness (QED) is 0.0958. The van der Waals surface area contributed by atoms with E-state index in [-0.39, 0.29) is 54.6 Å². The van der Waals surface area contributed by atoms with E-state index in [2.05, 4.69) is 342 Å². The Kier molecular flexibility index (Phi) is 16.5. The SMILES string of the molecule is CC(C)c1cccc(C(C)C)c1-c1cc(Oc2[c-]c3c(cc2)c2cc(C(C)(C)c4ccccc4)ccc2n3-c2cc(C(C)(C)C)ccn2)[c-]c(N2C=C(c3ccccc3)N(c3cc(C(C)(C)c4ccccc4)cc(C(C)(C)c4ccccc4)c3)[CH-]2)c1.[Pt]. The maximum atomic E-state index is 7.24. The summed E-state index contributed by atoms with van der Waals surface area (Å²) in [7, 11) is 0. The Morgan fingerprint density at radius 3 is 1.56 bits per heavy atom. The number of nitrogens with zero attached hydrogens (tertiary/aromatic N) is 4. The fraction of sp³-hybridized carbons (Fsp3) is 0.235. The van der Waals surface area contributed by atoms with Crippen LogP contribution in [0.5, 0.6) is 11.5 Å². The monoisotopic (exact) mass is 1320 g/mol. The van der Waals surface area contributed by atoms with Gasteiger partial charge in [0.2, 0.25) is 0 Å². The van der Waals surface area contributed by atoms with Crippen molar-refractivity contribution in [3.05, 3.63) is 299 Å². The zero-order valence-electron chi connectivity index (χ0n) is 52.6. The van der Waals surface area contributed by atoms with E-state index in [9.17, 15) is 0 Å². The standard InChI is InChI=1S/C81H79N4O.Pt/c1-54(2)69-35-26-36-70(55(3)4)77(69)57-43-65(83-52-75(56-27-18-14-19-28-56)84(53-83)66-46-63(80(10,11)59-31-22-16-23-32-59)45-64(47-66)81(12,13)60-33-24-17-25-34-60)50-68(44-57)86-67-38-39-71-72-48-62(79(8,9)58-29-20-15-21-30-58)37-40-73(72)85(74(71)51-67)76-49-61(41-42-82-76)78(5,6)7;/h14-49,52-55H,1-13H3;/q-3;. The first-order valence-corrected chi connectivity index (χ1v) is 30.6. The first kappa shape index (κ1) is 60.4. The fourth-order valence-electron chi connectivity index (χ4n) is 12.6. The summed E-state index contributed by atoms with van der Waals surface area (Å²) >= 11 is 0. The zero-order valence-corrected chi connectivity index (χ0v) is 54.9. The molecule has 0 N–H and O–H groups in total.